The number of thioether (sulfide) groups is 1. The predicted octanol–water partition coefficient (Wildman–Crippen LogP) is 0.477. The molecule has 1 amide bonds. The van der Waals surface area contributed by atoms with Crippen molar-refractivity contribution in [2.45, 2.75) is 18.6 Å². The Bertz CT molecular complexity index is 306. The number of hydrogen-bond acceptors (Lipinski definition) is 3. The summed E-state index contributed by atoms with van der Waals surface area (Å²) < 4.78 is 0. The summed E-state index contributed by atoms with van der Waals surface area (Å²) in [6, 6.07) is 0. The molecule has 104 valence electrons. The standard InChI is InChI=1S/C12H24N4OS/c1-5-10-9-16(6-7-18-10)12(13-2)14-8-11(17)15(3)4/h10H,5-9H2,1-4H3,(H,13,14). The molecule has 0 bridgehead atoms. The largest absolute Gasteiger partial charge is 0.347 e. The zero-order valence-electron chi connectivity index (χ0n) is 11.8. The molecule has 1 atom stereocenters. The summed E-state index contributed by atoms with van der Waals surface area (Å²) in [6.45, 7) is 4.53. The van der Waals surface area contributed by atoms with Crippen molar-refractivity contribution < 1.29 is 4.79 Å². The van der Waals surface area contributed by atoms with Crippen LogP contribution in [0.25, 0.3) is 0 Å². The predicted molar refractivity (Wildman–Crippen MR) is 78.2 cm³/mol. The number of aliphatic imine (C=N–C) groups is 1. The van der Waals surface area contributed by atoms with Gasteiger partial charge >= 0.3 is 0 Å². The second-order valence-electron chi connectivity index (χ2n) is 4.54. The molecule has 0 aromatic rings. The Balaban J connectivity index is 2.48. The van der Waals surface area contributed by atoms with E-state index in [1.807, 2.05) is 11.8 Å². The highest BCUT2D eigenvalue weighted by molar-refractivity contribution is 8.00. The molecule has 6 heteroatoms. The van der Waals surface area contributed by atoms with Crippen molar-refractivity contribution in [2.24, 2.45) is 4.99 Å². The van der Waals surface area contributed by atoms with E-state index in [2.05, 4.69) is 22.1 Å². The highest BCUT2D eigenvalue weighted by atomic mass is 32.2. The van der Waals surface area contributed by atoms with Crippen molar-refractivity contribution in [3.05, 3.63) is 0 Å². The highest BCUT2D eigenvalue weighted by Gasteiger charge is 2.21. The molecule has 1 fully saturated rings. The number of carbonyl (C=O) groups excluding carboxylic acids is 1. The molecule has 18 heavy (non-hydrogen) atoms. The minimum atomic E-state index is 0.0644. The van der Waals surface area contributed by atoms with E-state index >= 15 is 0 Å². The molecule has 0 aromatic carbocycles. The lowest BCUT2D eigenvalue weighted by atomic mass is 10.3. The zero-order chi connectivity index (χ0) is 13.5. The lowest BCUT2D eigenvalue weighted by molar-refractivity contribution is -0.127. The highest BCUT2D eigenvalue weighted by Crippen LogP contribution is 2.20. The van der Waals surface area contributed by atoms with E-state index in [0.29, 0.717) is 11.8 Å². The van der Waals surface area contributed by atoms with Gasteiger partial charge in [-0.3, -0.25) is 9.79 Å². The maximum atomic E-state index is 11.6. The summed E-state index contributed by atoms with van der Waals surface area (Å²) in [5, 5.41) is 3.81. The fraction of sp³-hybridized carbons (Fsp3) is 0.833. The van der Waals surface area contributed by atoms with Gasteiger partial charge in [0.25, 0.3) is 0 Å². The van der Waals surface area contributed by atoms with E-state index in [4.69, 9.17) is 0 Å². The molecule has 1 rings (SSSR count). The molecule has 1 unspecified atom stereocenters. The fourth-order valence-electron chi connectivity index (χ4n) is 1.80. The van der Waals surface area contributed by atoms with Crippen molar-refractivity contribution in [1.29, 1.82) is 0 Å². The molecular weight excluding hydrogens is 248 g/mol. The molecule has 1 heterocycles. The van der Waals surface area contributed by atoms with Gasteiger partial charge in [0.05, 0.1) is 6.54 Å². The van der Waals surface area contributed by atoms with Gasteiger partial charge in [-0.2, -0.15) is 11.8 Å². The summed E-state index contributed by atoms with van der Waals surface area (Å²) in [7, 11) is 5.29. The van der Waals surface area contributed by atoms with Crippen LogP contribution in [0.15, 0.2) is 4.99 Å². The summed E-state index contributed by atoms with van der Waals surface area (Å²) in [6.07, 6.45) is 1.18. The second-order valence-corrected chi connectivity index (χ2v) is 5.94. The molecular formula is C12H24N4OS. The molecule has 0 aliphatic carbocycles. The van der Waals surface area contributed by atoms with E-state index < -0.39 is 0 Å². The fourth-order valence-corrected chi connectivity index (χ4v) is 2.98. The Morgan fingerprint density at radius 1 is 1.56 bits per heavy atom. The molecule has 1 saturated heterocycles. The molecule has 0 aromatic heterocycles. The van der Waals surface area contributed by atoms with Crippen LogP contribution in [0.5, 0.6) is 0 Å². The van der Waals surface area contributed by atoms with Crippen LogP contribution in [0.3, 0.4) is 0 Å². The number of nitrogens with one attached hydrogen (secondary N) is 1. The lowest BCUT2D eigenvalue weighted by Crippen LogP contribution is -2.49. The van der Waals surface area contributed by atoms with Crippen LogP contribution in [-0.4, -0.2) is 73.4 Å². The molecule has 5 nitrogen and oxygen atoms in total. The Morgan fingerprint density at radius 2 is 2.28 bits per heavy atom. The summed E-state index contributed by atoms with van der Waals surface area (Å²) in [5.74, 6) is 2.03. The van der Waals surface area contributed by atoms with Gasteiger partial charge in [-0.15, -0.1) is 0 Å². The van der Waals surface area contributed by atoms with Crippen LogP contribution in [0.2, 0.25) is 0 Å². The van der Waals surface area contributed by atoms with Gasteiger partial charge in [-0.1, -0.05) is 6.92 Å². The molecule has 0 radical (unpaired) electrons. The van der Waals surface area contributed by atoms with Gasteiger partial charge in [0.15, 0.2) is 5.96 Å². The summed E-state index contributed by atoms with van der Waals surface area (Å²) in [5.41, 5.74) is 0. The van der Waals surface area contributed by atoms with Gasteiger partial charge in [0.1, 0.15) is 0 Å². The zero-order valence-corrected chi connectivity index (χ0v) is 12.6. The van der Waals surface area contributed by atoms with Crippen molar-refractivity contribution in [1.82, 2.24) is 15.1 Å². The maximum Gasteiger partial charge on any atom is 0.241 e. The molecule has 0 spiro atoms. The van der Waals surface area contributed by atoms with Crippen LogP contribution < -0.4 is 5.32 Å². The van der Waals surface area contributed by atoms with Crippen LogP contribution in [-0.2, 0) is 4.79 Å². The SMILES string of the molecule is CCC1CN(C(=NC)NCC(=O)N(C)C)CCS1. The normalized spacial score (nSPS) is 20.8. The molecule has 1 aliphatic rings. The van der Waals surface area contributed by atoms with E-state index in [0.717, 1.165) is 24.8 Å². The third-order valence-electron chi connectivity index (χ3n) is 3.00. The minimum Gasteiger partial charge on any atom is -0.347 e. The Labute approximate surface area is 114 Å². The van der Waals surface area contributed by atoms with Gasteiger partial charge in [-0.05, 0) is 6.42 Å². The van der Waals surface area contributed by atoms with Gasteiger partial charge in [-0.25, -0.2) is 0 Å². The summed E-state index contributed by atoms with van der Waals surface area (Å²) >= 11 is 2.02. The third kappa shape index (κ3) is 4.40. The number of hydrogen-bond donors (Lipinski definition) is 1. The first-order chi connectivity index (χ1) is 8.58. The van der Waals surface area contributed by atoms with Gasteiger partial charge in [0.2, 0.25) is 5.91 Å². The quantitative estimate of drug-likeness (QED) is 0.599. The first-order valence-corrected chi connectivity index (χ1v) is 7.40. The monoisotopic (exact) mass is 272 g/mol. The number of carbonyl (C=O) groups is 1. The number of rotatable bonds is 3. The van der Waals surface area contributed by atoms with Crippen LogP contribution in [0.4, 0.5) is 0 Å². The van der Waals surface area contributed by atoms with Crippen molar-refractivity contribution >= 4 is 23.6 Å². The lowest BCUT2D eigenvalue weighted by Gasteiger charge is -2.34. The Kier molecular flexibility index (Phi) is 6.32. The van der Waals surface area contributed by atoms with E-state index in [1.54, 1.807) is 26.0 Å². The maximum absolute atomic E-state index is 11.6. The van der Waals surface area contributed by atoms with E-state index in [9.17, 15) is 4.79 Å². The second kappa shape index (κ2) is 7.51. The van der Waals surface area contributed by atoms with Gasteiger partial charge < -0.3 is 15.1 Å². The van der Waals surface area contributed by atoms with Crippen LogP contribution in [0, 0.1) is 0 Å². The first-order valence-electron chi connectivity index (χ1n) is 6.35. The molecule has 1 aliphatic heterocycles. The average Bonchev–Trinajstić information content (AvgIpc) is 2.39. The number of nitrogens with zero attached hydrogens (tertiary/aromatic N) is 3. The smallest absolute Gasteiger partial charge is 0.241 e. The third-order valence-corrected chi connectivity index (χ3v) is 4.37. The number of amides is 1. The Morgan fingerprint density at radius 3 is 2.83 bits per heavy atom. The van der Waals surface area contributed by atoms with Crippen LogP contribution in [0.1, 0.15) is 13.3 Å². The molecule has 0 saturated carbocycles. The van der Waals surface area contributed by atoms with E-state index in [1.165, 1.54) is 6.42 Å². The van der Waals surface area contributed by atoms with Crippen LogP contribution >= 0.6 is 11.8 Å². The van der Waals surface area contributed by atoms with Crippen molar-refractivity contribution in [3.63, 3.8) is 0 Å². The van der Waals surface area contributed by atoms with Gasteiger partial charge in [0, 0.05) is 45.2 Å². The van der Waals surface area contributed by atoms with Crippen molar-refractivity contribution in [2.75, 3.05) is 46.5 Å². The van der Waals surface area contributed by atoms with Crippen molar-refractivity contribution in [3.8, 4) is 0 Å². The topological polar surface area (TPSA) is 47.9 Å². The Hall–Kier alpha value is -0.910. The van der Waals surface area contributed by atoms with E-state index in [-0.39, 0.29) is 5.91 Å². The minimum absolute atomic E-state index is 0.0644. The molecule has 1 N–H and O–H groups in total. The number of likely N-dealkylation sites (N-methyl/N-ethyl adjacent to an activating group) is 1. The average molecular weight is 272 g/mol. The first kappa shape index (κ1) is 15.1. The number of guanidine groups is 1. The summed E-state index contributed by atoms with van der Waals surface area (Å²) in [4.78, 5) is 19.6.